The van der Waals surface area contributed by atoms with Crippen molar-refractivity contribution in [3.05, 3.63) is 34.2 Å². The van der Waals surface area contributed by atoms with Gasteiger partial charge >= 0.3 is 0 Å². The molecule has 2 aromatic rings. The molecule has 2 rings (SSSR count). The summed E-state index contributed by atoms with van der Waals surface area (Å²) in [6, 6.07) is 3.50. The maximum Gasteiger partial charge on any atom is 0.176 e. The van der Waals surface area contributed by atoms with E-state index in [1.165, 1.54) is 5.56 Å². The lowest BCUT2D eigenvalue weighted by molar-refractivity contribution is 0.781. The lowest BCUT2D eigenvalue weighted by atomic mass is 10.2. The third-order valence-electron chi connectivity index (χ3n) is 2.49. The maximum atomic E-state index is 5.67. The second-order valence-electron chi connectivity index (χ2n) is 3.42. The molecule has 0 aliphatic rings. The Labute approximate surface area is 92.9 Å². The Bertz CT molecular complexity index is 487. The normalized spacial score (nSPS) is 10.7. The molecule has 4 nitrogen and oxygen atoms in total. The van der Waals surface area contributed by atoms with E-state index in [1.807, 2.05) is 20.8 Å². The molecule has 0 aromatic carbocycles. The second-order valence-corrected chi connectivity index (χ2v) is 3.81. The van der Waals surface area contributed by atoms with Gasteiger partial charge in [0.1, 0.15) is 0 Å². The Balaban J connectivity index is 2.54. The van der Waals surface area contributed by atoms with Gasteiger partial charge in [0.25, 0.3) is 0 Å². The first-order valence-corrected chi connectivity index (χ1v) is 5.00. The van der Waals surface area contributed by atoms with Crippen LogP contribution >= 0.6 is 11.6 Å². The first kappa shape index (κ1) is 10.1. The van der Waals surface area contributed by atoms with Gasteiger partial charge in [-0.15, -0.1) is 10.2 Å². The zero-order chi connectivity index (χ0) is 11.0. The fourth-order valence-corrected chi connectivity index (χ4v) is 1.47. The molecule has 0 bridgehead atoms. The van der Waals surface area contributed by atoms with E-state index in [1.54, 1.807) is 16.8 Å². The molecule has 0 aliphatic carbocycles. The van der Waals surface area contributed by atoms with Crippen molar-refractivity contribution >= 4 is 11.6 Å². The van der Waals surface area contributed by atoms with Crippen molar-refractivity contribution in [2.75, 3.05) is 0 Å². The number of hydrogen-bond acceptors (Lipinski definition) is 3. The van der Waals surface area contributed by atoms with Crippen LogP contribution in [0.2, 0.25) is 5.15 Å². The Morgan fingerprint density at radius 2 is 1.87 bits per heavy atom. The number of hydrogen-bond donors (Lipinski definition) is 0. The molecule has 5 heteroatoms. The molecule has 0 spiro atoms. The summed E-state index contributed by atoms with van der Waals surface area (Å²) in [7, 11) is 0. The van der Waals surface area contributed by atoms with Crippen LogP contribution in [0.1, 0.15) is 17.0 Å². The maximum absolute atomic E-state index is 5.67. The highest BCUT2D eigenvalue weighted by atomic mass is 35.5. The number of aryl methyl sites for hydroxylation is 1. The van der Waals surface area contributed by atoms with Crippen molar-refractivity contribution in [1.82, 2.24) is 20.0 Å². The Morgan fingerprint density at radius 1 is 1.13 bits per heavy atom. The molecule has 78 valence electrons. The summed E-state index contributed by atoms with van der Waals surface area (Å²) in [6.07, 6.45) is 0. The highest BCUT2D eigenvalue weighted by Crippen LogP contribution is 2.15. The molecule has 0 saturated carbocycles. The highest BCUT2D eigenvalue weighted by Gasteiger charge is 2.09. The van der Waals surface area contributed by atoms with E-state index in [-0.39, 0.29) is 0 Å². The monoisotopic (exact) mass is 222 g/mol. The van der Waals surface area contributed by atoms with Gasteiger partial charge in [0.2, 0.25) is 0 Å². The lowest BCUT2D eigenvalue weighted by Crippen LogP contribution is -2.03. The first-order chi connectivity index (χ1) is 7.09. The number of rotatable bonds is 1. The Morgan fingerprint density at radius 3 is 2.33 bits per heavy atom. The van der Waals surface area contributed by atoms with Crippen LogP contribution in [0, 0.1) is 20.8 Å². The van der Waals surface area contributed by atoms with E-state index in [0.717, 1.165) is 11.4 Å². The molecule has 0 saturated heterocycles. The van der Waals surface area contributed by atoms with E-state index < -0.39 is 0 Å². The molecule has 0 unspecified atom stereocenters. The molecule has 0 aliphatic heterocycles. The predicted octanol–water partition coefficient (Wildman–Crippen LogP) is 2.24. The molecule has 2 aromatic heterocycles. The van der Waals surface area contributed by atoms with Gasteiger partial charge in [-0.05, 0) is 38.5 Å². The van der Waals surface area contributed by atoms with Crippen molar-refractivity contribution in [2.24, 2.45) is 0 Å². The van der Waals surface area contributed by atoms with Gasteiger partial charge in [-0.3, -0.25) is 0 Å². The van der Waals surface area contributed by atoms with Crippen LogP contribution in [-0.4, -0.2) is 20.0 Å². The van der Waals surface area contributed by atoms with E-state index in [0.29, 0.717) is 11.0 Å². The van der Waals surface area contributed by atoms with Gasteiger partial charge in [-0.1, -0.05) is 11.6 Å². The minimum Gasteiger partial charge on any atom is -0.217 e. The van der Waals surface area contributed by atoms with Gasteiger partial charge in [-0.25, -0.2) is 4.68 Å². The quantitative estimate of drug-likeness (QED) is 0.743. The molecule has 0 atom stereocenters. The smallest absolute Gasteiger partial charge is 0.176 e. The molecule has 15 heavy (non-hydrogen) atoms. The molecule has 0 amide bonds. The molecule has 0 N–H and O–H groups in total. The van der Waals surface area contributed by atoms with Crippen LogP contribution in [0.4, 0.5) is 0 Å². The summed E-state index contributed by atoms with van der Waals surface area (Å²) in [5, 5.41) is 12.5. The largest absolute Gasteiger partial charge is 0.217 e. The van der Waals surface area contributed by atoms with Gasteiger partial charge in [-0.2, -0.15) is 5.10 Å². The summed E-state index contributed by atoms with van der Waals surface area (Å²) < 4.78 is 1.77. The molecule has 2 heterocycles. The average Bonchev–Trinajstić information content (AvgIpc) is 2.47. The van der Waals surface area contributed by atoms with Crippen LogP contribution in [-0.2, 0) is 0 Å². The van der Waals surface area contributed by atoms with E-state index in [9.17, 15) is 0 Å². The number of nitrogens with zero attached hydrogens (tertiary/aromatic N) is 4. The van der Waals surface area contributed by atoms with E-state index >= 15 is 0 Å². The van der Waals surface area contributed by atoms with E-state index in [4.69, 9.17) is 11.6 Å². The molecular formula is C10H11ClN4. The topological polar surface area (TPSA) is 43.6 Å². The SMILES string of the molecule is Cc1nn(-c2ccc(Cl)nn2)c(C)c1C. The predicted molar refractivity (Wildman–Crippen MR) is 58.4 cm³/mol. The highest BCUT2D eigenvalue weighted by molar-refractivity contribution is 6.29. The lowest BCUT2D eigenvalue weighted by Gasteiger charge is -2.01. The number of halogens is 1. The summed E-state index contributed by atoms with van der Waals surface area (Å²) in [6.45, 7) is 6.02. The van der Waals surface area contributed by atoms with Crippen LogP contribution in [0.5, 0.6) is 0 Å². The minimum atomic E-state index is 0.386. The first-order valence-electron chi connectivity index (χ1n) is 4.62. The van der Waals surface area contributed by atoms with Gasteiger partial charge < -0.3 is 0 Å². The van der Waals surface area contributed by atoms with Crippen molar-refractivity contribution in [2.45, 2.75) is 20.8 Å². The summed E-state index contributed by atoms with van der Waals surface area (Å²) in [5.74, 6) is 0.688. The summed E-state index contributed by atoms with van der Waals surface area (Å²) in [4.78, 5) is 0. The van der Waals surface area contributed by atoms with Crippen LogP contribution in [0.25, 0.3) is 5.82 Å². The zero-order valence-corrected chi connectivity index (χ0v) is 9.58. The van der Waals surface area contributed by atoms with Crippen molar-refractivity contribution in [3.63, 3.8) is 0 Å². The Kier molecular flexibility index (Phi) is 2.44. The Hall–Kier alpha value is -1.42. The van der Waals surface area contributed by atoms with Crippen molar-refractivity contribution in [1.29, 1.82) is 0 Å². The average molecular weight is 223 g/mol. The fraction of sp³-hybridized carbons (Fsp3) is 0.300. The van der Waals surface area contributed by atoms with Gasteiger partial charge in [0, 0.05) is 5.69 Å². The van der Waals surface area contributed by atoms with Crippen LogP contribution in [0.3, 0.4) is 0 Å². The molecule has 0 radical (unpaired) electrons. The second kappa shape index (κ2) is 3.62. The van der Waals surface area contributed by atoms with Crippen molar-refractivity contribution in [3.8, 4) is 5.82 Å². The van der Waals surface area contributed by atoms with Crippen LogP contribution in [0.15, 0.2) is 12.1 Å². The fourth-order valence-electron chi connectivity index (χ4n) is 1.37. The van der Waals surface area contributed by atoms with Gasteiger partial charge in [0.05, 0.1) is 5.69 Å². The summed E-state index contributed by atoms with van der Waals surface area (Å²) in [5.41, 5.74) is 3.25. The minimum absolute atomic E-state index is 0.386. The zero-order valence-electron chi connectivity index (χ0n) is 8.82. The van der Waals surface area contributed by atoms with Gasteiger partial charge in [0.15, 0.2) is 11.0 Å². The van der Waals surface area contributed by atoms with Crippen LogP contribution < -0.4 is 0 Å². The third-order valence-corrected chi connectivity index (χ3v) is 2.69. The standard InChI is InChI=1S/C10H11ClN4/c1-6-7(2)14-15(8(6)3)10-5-4-9(11)12-13-10/h4-5H,1-3H3. The van der Waals surface area contributed by atoms with Crippen molar-refractivity contribution < 1.29 is 0 Å². The summed E-state index contributed by atoms with van der Waals surface area (Å²) >= 11 is 5.67. The third kappa shape index (κ3) is 1.72. The van der Waals surface area contributed by atoms with E-state index in [2.05, 4.69) is 15.3 Å². The number of aromatic nitrogens is 4. The molecule has 0 fully saturated rings. The molecular weight excluding hydrogens is 212 g/mol.